The molecule has 0 atom stereocenters. The SMILES string of the molecule is Nc1ccc2c(n1)CN(C(=O)NCc1ccc(S(=O)(=O)c3ccccc3)cn1)C2. The predicted octanol–water partition coefficient (Wildman–Crippen LogP) is 2.12. The quantitative estimate of drug-likeness (QED) is 0.681. The van der Waals surface area contributed by atoms with E-state index in [9.17, 15) is 13.2 Å². The van der Waals surface area contributed by atoms with Crippen molar-refractivity contribution in [2.75, 3.05) is 5.73 Å². The lowest BCUT2D eigenvalue weighted by atomic mass is 10.2. The molecule has 3 heterocycles. The number of nitrogens with two attached hydrogens (primary N) is 1. The predicted molar refractivity (Wildman–Crippen MR) is 106 cm³/mol. The molecule has 0 aliphatic carbocycles. The molecule has 2 aromatic heterocycles. The van der Waals surface area contributed by atoms with Crippen LogP contribution in [0.5, 0.6) is 0 Å². The molecule has 9 heteroatoms. The van der Waals surface area contributed by atoms with Crippen molar-refractivity contribution in [3.8, 4) is 0 Å². The van der Waals surface area contributed by atoms with Crippen LogP contribution < -0.4 is 11.1 Å². The summed E-state index contributed by atoms with van der Waals surface area (Å²) < 4.78 is 25.2. The Hall–Kier alpha value is -3.46. The third kappa shape index (κ3) is 3.90. The highest BCUT2D eigenvalue weighted by atomic mass is 32.2. The number of urea groups is 1. The number of nitrogens with one attached hydrogen (secondary N) is 1. The Kier molecular flexibility index (Phi) is 4.89. The summed E-state index contributed by atoms with van der Waals surface area (Å²) >= 11 is 0. The molecule has 4 rings (SSSR count). The number of fused-ring (bicyclic) bond motifs is 1. The molecule has 0 spiro atoms. The highest BCUT2D eigenvalue weighted by Gasteiger charge is 2.24. The number of nitrogen functional groups attached to an aromatic ring is 1. The molecule has 148 valence electrons. The number of carbonyl (C=O) groups excluding carboxylic acids is 1. The first-order chi connectivity index (χ1) is 13.9. The minimum atomic E-state index is -3.61. The number of pyridine rings is 2. The second-order valence-electron chi connectivity index (χ2n) is 6.66. The van der Waals surface area contributed by atoms with E-state index in [0.29, 0.717) is 24.6 Å². The lowest BCUT2D eigenvalue weighted by Gasteiger charge is -2.16. The maximum absolute atomic E-state index is 12.6. The average molecular weight is 409 g/mol. The minimum absolute atomic E-state index is 0.109. The van der Waals surface area contributed by atoms with Crippen LogP contribution >= 0.6 is 0 Å². The van der Waals surface area contributed by atoms with Gasteiger partial charge in [0, 0.05) is 12.7 Å². The number of amides is 2. The van der Waals surface area contributed by atoms with Gasteiger partial charge in [-0.05, 0) is 35.9 Å². The van der Waals surface area contributed by atoms with E-state index in [2.05, 4.69) is 15.3 Å². The van der Waals surface area contributed by atoms with Crippen LogP contribution in [0.25, 0.3) is 0 Å². The van der Waals surface area contributed by atoms with E-state index in [1.165, 1.54) is 12.3 Å². The lowest BCUT2D eigenvalue weighted by molar-refractivity contribution is 0.197. The third-order valence-corrected chi connectivity index (χ3v) is 6.42. The number of hydrogen-bond donors (Lipinski definition) is 2. The Balaban J connectivity index is 1.38. The second kappa shape index (κ2) is 7.51. The molecule has 2 amide bonds. The van der Waals surface area contributed by atoms with Crippen molar-refractivity contribution in [2.45, 2.75) is 29.4 Å². The maximum atomic E-state index is 12.6. The first kappa shape index (κ1) is 18.9. The molecule has 29 heavy (non-hydrogen) atoms. The Morgan fingerprint density at radius 3 is 2.55 bits per heavy atom. The topological polar surface area (TPSA) is 118 Å². The van der Waals surface area contributed by atoms with E-state index < -0.39 is 9.84 Å². The Bertz CT molecular complexity index is 1150. The van der Waals surface area contributed by atoms with Gasteiger partial charge in [0.1, 0.15) is 5.82 Å². The van der Waals surface area contributed by atoms with E-state index in [-0.39, 0.29) is 22.4 Å². The Morgan fingerprint density at radius 1 is 1.03 bits per heavy atom. The zero-order chi connectivity index (χ0) is 20.4. The molecule has 3 aromatic rings. The van der Waals surface area contributed by atoms with Crippen LogP contribution in [0, 0.1) is 0 Å². The molecular formula is C20H19N5O3S. The van der Waals surface area contributed by atoms with Gasteiger partial charge in [-0.25, -0.2) is 18.2 Å². The molecule has 8 nitrogen and oxygen atoms in total. The van der Waals surface area contributed by atoms with Crippen molar-refractivity contribution >= 4 is 21.7 Å². The molecule has 0 saturated heterocycles. The molecule has 0 fully saturated rings. The van der Waals surface area contributed by atoms with Gasteiger partial charge in [-0.2, -0.15) is 0 Å². The van der Waals surface area contributed by atoms with E-state index in [1.54, 1.807) is 47.4 Å². The molecule has 1 aliphatic rings. The molecular weight excluding hydrogens is 390 g/mol. The highest BCUT2D eigenvalue weighted by Crippen LogP contribution is 2.22. The highest BCUT2D eigenvalue weighted by molar-refractivity contribution is 7.91. The molecule has 0 bridgehead atoms. The third-order valence-electron chi connectivity index (χ3n) is 4.66. The van der Waals surface area contributed by atoms with Gasteiger partial charge in [-0.15, -0.1) is 0 Å². The largest absolute Gasteiger partial charge is 0.384 e. The monoisotopic (exact) mass is 409 g/mol. The maximum Gasteiger partial charge on any atom is 0.318 e. The normalized spacial score (nSPS) is 13.2. The van der Waals surface area contributed by atoms with Crippen molar-refractivity contribution < 1.29 is 13.2 Å². The van der Waals surface area contributed by atoms with Crippen molar-refractivity contribution in [1.29, 1.82) is 0 Å². The minimum Gasteiger partial charge on any atom is -0.384 e. The Morgan fingerprint density at radius 2 is 1.83 bits per heavy atom. The Labute approximate surface area is 168 Å². The summed E-state index contributed by atoms with van der Waals surface area (Å²) in [5.41, 5.74) is 8.02. The van der Waals surface area contributed by atoms with Crippen LogP contribution in [-0.2, 0) is 29.5 Å². The number of hydrogen-bond acceptors (Lipinski definition) is 6. The molecule has 1 aliphatic heterocycles. The standard InChI is InChI=1S/C20H19N5O3S/c21-19-9-6-14-12-25(13-18(14)24-19)20(26)23-10-15-7-8-17(11-22-15)29(27,28)16-4-2-1-3-5-16/h1-9,11H,10,12-13H2,(H2,21,24)(H,23,26). The first-order valence-corrected chi connectivity index (χ1v) is 10.4. The van der Waals surface area contributed by atoms with E-state index in [0.717, 1.165) is 11.3 Å². The van der Waals surface area contributed by atoms with Gasteiger partial charge >= 0.3 is 6.03 Å². The van der Waals surface area contributed by atoms with E-state index in [1.807, 2.05) is 6.07 Å². The summed E-state index contributed by atoms with van der Waals surface area (Å²) in [7, 11) is -3.61. The summed E-state index contributed by atoms with van der Waals surface area (Å²) in [6.45, 7) is 1.05. The van der Waals surface area contributed by atoms with Crippen molar-refractivity contribution in [3.63, 3.8) is 0 Å². The summed E-state index contributed by atoms with van der Waals surface area (Å²) in [6, 6.07) is 14.6. The van der Waals surface area contributed by atoms with Gasteiger partial charge in [-0.1, -0.05) is 24.3 Å². The fourth-order valence-corrected chi connectivity index (χ4v) is 4.33. The number of carbonyl (C=O) groups is 1. The van der Waals surface area contributed by atoms with Crippen LogP contribution in [-0.4, -0.2) is 29.3 Å². The summed E-state index contributed by atoms with van der Waals surface area (Å²) in [6.07, 6.45) is 1.31. The number of benzene rings is 1. The number of sulfone groups is 1. The fraction of sp³-hybridized carbons (Fsp3) is 0.150. The molecule has 0 radical (unpaired) electrons. The number of rotatable bonds is 4. The van der Waals surface area contributed by atoms with Crippen LogP contribution in [0.2, 0.25) is 0 Å². The van der Waals surface area contributed by atoms with Crippen molar-refractivity contribution in [2.24, 2.45) is 0 Å². The van der Waals surface area contributed by atoms with Gasteiger partial charge in [0.2, 0.25) is 9.84 Å². The van der Waals surface area contributed by atoms with E-state index in [4.69, 9.17) is 5.73 Å². The van der Waals surface area contributed by atoms with Gasteiger partial charge in [0.05, 0.1) is 34.3 Å². The van der Waals surface area contributed by atoms with Gasteiger partial charge in [0.25, 0.3) is 0 Å². The number of anilines is 1. The number of aromatic nitrogens is 2. The zero-order valence-corrected chi connectivity index (χ0v) is 16.3. The second-order valence-corrected chi connectivity index (χ2v) is 8.61. The smallest absolute Gasteiger partial charge is 0.318 e. The summed E-state index contributed by atoms with van der Waals surface area (Å²) in [5.74, 6) is 0.431. The van der Waals surface area contributed by atoms with Crippen molar-refractivity contribution in [3.05, 3.63) is 77.7 Å². The van der Waals surface area contributed by atoms with Gasteiger partial charge in [-0.3, -0.25) is 4.98 Å². The van der Waals surface area contributed by atoms with Gasteiger partial charge in [0.15, 0.2) is 0 Å². The van der Waals surface area contributed by atoms with Crippen LogP contribution in [0.3, 0.4) is 0 Å². The number of nitrogens with zero attached hydrogens (tertiary/aromatic N) is 3. The van der Waals surface area contributed by atoms with E-state index >= 15 is 0 Å². The summed E-state index contributed by atoms with van der Waals surface area (Å²) in [5, 5.41) is 2.80. The van der Waals surface area contributed by atoms with Gasteiger partial charge < -0.3 is 16.0 Å². The summed E-state index contributed by atoms with van der Waals surface area (Å²) in [4.78, 5) is 22.8. The molecule has 0 saturated carbocycles. The lowest BCUT2D eigenvalue weighted by Crippen LogP contribution is -2.36. The van der Waals surface area contributed by atoms with Crippen LogP contribution in [0.4, 0.5) is 10.6 Å². The average Bonchev–Trinajstić information content (AvgIpc) is 3.16. The fourth-order valence-electron chi connectivity index (χ4n) is 3.10. The van der Waals surface area contributed by atoms with Crippen LogP contribution in [0.1, 0.15) is 17.0 Å². The van der Waals surface area contributed by atoms with Crippen molar-refractivity contribution in [1.82, 2.24) is 20.2 Å². The molecule has 0 unspecified atom stereocenters. The zero-order valence-electron chi connectivity index (χ0n) is 15.4. The molecule has 1 aromatic carbocycles. The molecule has 3 N–H and O–H groups in total. The first-order valence-electron chi connectivity index (χ1n) is 8.95. The van der Waals surface area contributed by atoms with Crippen LogP contribution in [0.15, 0.2) is 70.6 Å².